The van der Waals surface area contributed by atoms with Gasteiger partial charge in [0.15, 0.2) is 5.96 Å². The van der Waals surface area contributed by atoms with Crippen molar-refractivity contribution in [1.29, 1.82) is 0 Å². The fraction of sp³-hybridized carbons (Fsp3) is 0.267. The molecule has 0 saturated carbocycles. The number of amides is 2. The van der Waals surface area contributed by atoms with Gasteiger partial charge < -0.3 is 32.5 Å². The molecule has 0 heterocycles. The second-order valence-electron chi connectivity index (χ2n) is 9.65. The standard InChI is InChI=1S/C30H34Cl2N6O4/c31-23-14-19(15-24(32)28(23)33)18-38(25(12-7-13-36-30(34)35)29(42)37-17-27(40)41)26(39)16-22(20-8-3-1-4-9-20)21-10-5-2-6-11-21/h1-6,8-11,14-15,22,25H,7,12-13,16-18,33H2,(H,37,42)(H,40,41)(H4,34,35,36)/t25-/m1/s1. The van der Waals surface area contributed by atoms with Crippen molar-refractivity contribution in [1.82, 2.24) is 10.2 Å². The average Bonchev–Trinajstić information content (AvgIpc) is 2.97. The minimum Gasteiger partial charge on any atom is -0.480 e. The van der Waals surface area contributed by atoms with Gasteiger partial charge in [-0.3, -0.25) is 19.4 Å². The van der Waals surface area contributed by atoms with Crippen molar-refractivity contribution >= 4 is 52.6 Å². The maximum Gasteiger partial charge on any atom is 0.322 e. The molecule has 8 N–H and O–H groups in total. The first-order valence-corrected chi connectivity index (χ1v) is 14.0. The molecule has 0 fully saturated rings. The van der Waals surface area contributed by atoms with E-state index < -0.39 is 24.5 Å². The van der Waals surface area contributed by atoms with E-state index >= 15 is 0 Å². The van der Waals surface area contributed by atoms with Gasteiger partial charge in [0.1, 0.15) is 12.6 Å². The van der Waals surface area contributed by atoms with E-state index in [-0.39, 0.29) is 59.4 Å². The average molecular weight is 614 g/mol. The molecule has 3 aromatic carbocycles. The van der Waals surface area contributed by atoms with Gasteiger partial charge in [-0.1, -0.05) is 83.9 Å². The normalized spacial score (nSPS) is 11.5. The number of anilines is 1. The summed E-state index contributed by atoms with van der Waals surface area (Å²) < 4.78 is 0. The number of nitrogens with one attached hydrogen (secondary N) is 1. The van der Waals surface area contributed by atoms with E-state index in [0.29, 0.717) is 12.0 Å². The minimum absolute atomic E-state index is 0.0288. The smallest absolute Gasteiger partial charge is 0.322 e. The van der Waals surface area contributed by atoms with Crippen molar-refractivity contribution in [3.63, 3.8) is 0 Å². The highest BCUT2D eigenvalue weighted by atomic mass is 35.5. The van der Waals surface area contributed by atoms with Gasteiger partial charge in [-0.05, 0) is 41.7 Å². The largest absolute Gasteiger partial charge is 0.480 e. The summed E-state index contributed by atoms with van der Waals surface area (Å²) in [4.78, 5) is 44.3. The Bertz CT molecular complexity index is 1340. The lowest BCUT2D eigenvalue weighted by atomic mass is 9.88. The van der Waals surface area contributed by atoms with Gasteiger partial charge in [-0.15, -0.1) is 0 Å². The van der Waals surface area contributed by atoms with Crippen molar-refractivity contribution in [3.8, 4) is 0 Å². The summed E-state index contributed by atoms with van der Waals surface area (Å²) in [6.07, 6.45) is 0.531. The summed E-state index contributed by atoms with van der Waals surface area (Å²) in [5.41, 5.74) is 19.4. The minimum atomic E-state index is -1.22. The van der Waals surface area contributed by atoms with Crippen LogP contribution < -0.4 is 22.5 Å². The first-order chi connectivity index (χ1) is 20.1. The zero-order valence-electron chi connectivity index (χ0n) is 22.9. The number of carbonyl (C=O) groups is 3. The number of aliphatic carboxylic acids is 1. The molecule has 0 radical (unpaired) electrons. The number of nitrogen functional groups attached to an aromatic ring is 1. The molecule has 42 heavy (non-hydrogen) atoms. The van der Waals surface area contributed by atoms with E-state index in [9.17, 15) is 19.5 Å². The van der Waals surface area contributed by atoms with Crippen LogP contribution in [-0.2, 0) is 20.9 Å². The molecule has 2 amide bonds. The van der Waals surface area contributed by atoms with Gasteiger partial charge in [0.05, 0.1) is 15.7 Å². The second-order valence-corrected chi connectivity index (χ2v) is 10.5. The van der Waals surface area contributed by atoms with E-state index in [1.165, 1.54) is 4.90 Å². The van der Waals surface area contributed by atoms with E-state index in [2.05, 4.69) is 10.3 Å². The van der Waals surface area contributed by atoms with E-state index in [1.807, 2.05) is 60.7 Å². The van der Waals surface area contributed by atoms with Crippen LogP contribution in [0.4, 0.5) is 5.69 Å². The summed E-state index contributed by atoms with van der Waals surface area (Å²) in [6, 6.07) is 21.3. The summed E-state index contributed by atoms with van der Waals surface area (Å²) in [7, 11) is 0. The van der Waals surface area contributed by atoms with Crippen LogP contribution >= 0.6 is 23.2 Å². The Labute approximate surface area is 254 Å². The van der Waals surface area contributed by atoms with E-state index in [4.69, 9.17) is 40.4 Å². The topological polar surface area (TPSA) is 177 Å². The summed E-state index contributed by atoms with van der Waals surface area (Å²) in [6.45, 7) is -0.437. The Hall–Kier alpha value is -4.28. The van der Waals surface area contributed by atoms with Crippen LogP contribution in [0.2, 0.25) is 10.0 Å². The Kier molecular flexibility index (Phi) is 12.0. The van der Waals surface area contributed by atoms with Crippen molar-refractivity contribution in [2.75, 3.05) is 18.8 Å². The summed E-state index contributed by atoms with van der Waals surface area (Å²) in [5, 5.41) is 12.0. The van der Waals surface area contributed by atoms with E-state index in [1.54, 1.807) is 12.1 Å². The first kappa shape index (κ1) is 32.2. The van der Waals surface area contributed by atoms with Gasteiger partial charge in [0.2, 0.25) is 11.8 Å². The monoisotopic (exact) mass is 612 g/mol. The fourth-order valence-corrected chi connectivity index (χ4v) is 5.12. The van der Waals surface area contributed by atoms with Crippen molar-refractivity contribution in [2.45, 2.75) is 37.8 Å². The SMILES string of the molecule is NC(N)=NCCC[C@H](C(=O)NCC(=O)O)N(Cc1cc(Cl)c(N)c(Cl)c1)C(=O)CC(c1ccccc1)c1ccccc1. The third-order valence-electron chi connectivity index (χ3n) is 6.62. The number of aliphatic imine (C=N–C) groups is 1. The van der Waals surface area contributed by atoms with Gasteiger partial charge >= 0.3 is 5.97 Å². The zero-order chi connectivity index (χ0) is 30.6. The van der Waals surface area contributed by atoms with Gasteiger partial charge in [0, 0.05) is 25.4 Å². The number of rotatable bonds is 14. The van der Waals surface area contributed by atoms with Crippen LogP contribution in [0.1, 0.15) is 41.9 Å². The van der Waals surface area contributed by atoms with E-state index in [0.717, 1.165) is 11.1 Å². The number of carboxylic acid groups (broad SMARTS) is 1. The molecule has 222 valence electrons. The first-order valence-electron chi connectivity index (χ1n) is 13.2. The van der Waals surface area contributed by atoms with Crippen molar-refractivity contribution in [2.24, 2.45) is 16.5 Å². The Morgan fingerprint density at radius 2 is 1.48 bits per heavy atom. The quantitative estimate of drug-likeness (QED) is 0.0796. The van der Waals surface area contributed by atoms with Crippen LogP contribution in [0, 0.1) is 0 Å². The predicted octanol–water partition coefficient (Wildman–Crippen LogP) is 3.75. The molecule has 12 heteroatoms. The van der Waals surface area contributed by atoms with Crippen LogP contribution in [0.25, 0.3) is 0 Å². The van der Waals surface area contributed by atoms with Crippen LogP contribution in [0.15, 0.2) is 77.8 Å². The highest BCUT2D eigenvalue weighted by molar-refractivity contribution is 6.38. The molecule has 0 aromatic heterocycles. The summed E-state index contributed by atoms with van der Waals surface area (Å²) >= 11 is 12.6. The number of benzene rings is 3. The molecule has 1 atom stereocenters. The summed E-state index contributed by atoms with van der Waals surface area (Å²) in [5.74, 6) is -2.60. The highest BCUT2D eigenvalue weighted by Gasteiger charge is 2.32. The molecule has 0 unspecified atom stereocenters. The number of nitrogens with two attached hydrogens (primary N) is 3. The maximum absolute atomic E-state index is 14.2. The lowest BCUT2D eigenvalue weighted by molar-refractivity contribution is -0.143. The fourth-order valence-electron chi connectivity index (χ4n) is 4.59. The molecule has 0 spiro atoms. The van der Waals surface area contributed by atoms with Crippen LogP contribution in [0.3, 0.4) is 0 Å². The van der Waals surface area contributed by atoms with Gasteiger partial charge in [0.25, 0.3) is 0 Å². The molecule has 0 aliphatic rings. The molecule has 0 aliphatic carbocycles. The van der Waals surface area contributed by atoms with Gasteiger partial charge in [-0.2, -0.15) is 0 Å². The molecule has 0 aliphatic heterocycles. The molecule has 0 bridgehead atoms. The number of hydrogen-bond donors (Lipinski definition) is 5. The zero-order valence-corrected chi connectivity index (χ0v) is 24.4. The molecule has 3 aromatic rings. The maximum atomic E-state index is 14.2. The Morgan fingerprint density at radius 1 is 0.929 bits per heavy atom. The van der Waals surface area contributed by atoms with Crippen LogP contribution in [0.5, 0.6) is 0 Å². The molecule has 10 nitrogen and oxygen atoms in total. The predicted molar refractivity (Wildman–Crippen MR) is 165 cm³/mol. The van der Waals surface area contributed by atoms with Crippen molar-refractivity contribution < 1.29 is 19.5 Å². The third kappa shape index (κ3) is 9.39. The molecular weight excluding hydrogens is 579 g/mol. The lowest BCUT2D eigenvalue weighted by Gasteiger charge is -2.33. The Morgan fingerprint density at radius 3 is 1.98 bits per heavy atom. The number of halogens is 2. The number of carboxylic acids is 1. The molecular formula is C30H34Cl2N6O4. The highest BCUT2D eigenvalue weighted by Crippen LogP contribution is 2.32. The van der Waals surface area contributed by atoms with Crippen LogP contribution in [-0.4, -0.2) is 52.9 Å². The van der Waals surface area contributed by atoms with Crippen molar-refractivity contribution in [3.05, 3.63) is 99.5 Å². The van der Waals surface area contributed by atoms with Gasteiger partial charge in [-0.25, -0.2) is 0 Å². The lowest BCUT2D eigenvalue weighted by Crippen LogP contribution is -2.50. The molecule has 3 rings (SSSR count). The number of guanidine groups is 1. The second kappa shape index (κ2) is 15.6. The number of carbonyl (C=O) groups excluding carboxylic acids is 2. The third-order valence-corrected chi connectivity index (χ3v) is 7.24. The number of hydrogen-bond acceptors (Lipinski definition) is 5. The number of nitrogens with zero attached hydrogens (tertiary/aromatic N) is 2. The Balaban J connectivity index is 2.04. The molecule has 0 saturated heterocycles.